The normalized spacial score (nSPS) is 16.4. The highest BCUT2D eigenvalue weighted by Gasteiger charge is 2.38. The van der Waals surface area contributed by atoms with Gasteiger partial charge in [-0.25, -0.2) is 14.4 Å². The van der Waals surface area contributed by atoms with Crippen molar-refractivity contribution in [3.05, 3.63) is 41.2 Å². The second-order valence-electron chi connectivity index (χ2n) is 9.09. The van der Waals surface area contributed by atoms with E-state index in [0.29, 0.717) is 72.0 Å². The topological polar surface area (TPSA) is 139 Å². The van der Waals surface area contributed by atoms with Crippen molar-refractivity contribution < 1.29 is 18.9 Å². The highest BCUT2D eigenvalue weighted by molar-refractivity contribution is 6.12. The zero-order valence-electron chi connectivity index (χ0n) is 20.2. The Morgan fingerprint density at radius 2 is 1.89 bits per heavy atom. The molecule has 0 radical (unpaired) electrons. The summed E-state index contributed by atoms with van der Waals surface area (Å²) in [7, 11) is 1.57. The van der Waals surface area contributed by atoms with Gasteiger partial charge in [-0.15, -0.1) is 0 Å². The minimum absolute atomic E-state index is 0.0891. The number of fused-ring (bicyclic) bond motifs is 3. The van der Waals surface area contributed by atoms with Crippen molar-refractivity contribution >= 4 is 45.6 Å². The number of halogens is 1. The van der Waals surface area contributed by atoms with Gasteiger partial charge in [0.05, 0.1) is 43.2 Å². The van der Waals surface area contributed by atoms with Gasteiger partial charge in [-0.1, -0.05) is 12.1 Å². The van der Waals surface area contributed by atoms with Gasteiger partial charge >= 0.3 is 0 Å². The SMILES string of the molecule is COC[C@@H](C)N1C(=O)Cc2c1nc(N)c1c(N)[nH+]c(N3CCN(c4ccccc4F)CC3)c(C#N)c21. The van der Waals surface area contributed by atoms with Crippen LogP contribution in [0.25, 0.3) is 10.8 Å². The number of methoxy groups -OCH3 is 1. The first-order valence-corrected chi connectivity index (χ1v) is 11.8. The van der Waals surface area contributed by atoms with E-state index < -0.39 is 0 Å². The quantitative estimate of drug-likeness (QED) is 0.547. The average Bonchev–Trinajstić information content (AvgIpc) is 3.19. The van der Waals surface area contributed by atoms with Gasteiger partial charge < -0.3 is 21.1 Å². The van der Waals surface area contributed by atoms with Crippen LogP contribution in [0.3, 0.4) is 0 Å². The summed E-state index contributed by atoms with van der Waals surface area (Å²) in [6.07, 6.45) is 0.0891. The Morgan fingerprint density at radius 3 is 2.56 bits per heavy atom. The van der Waals surface area contributed by atoms with Crippen LogP contribution in [0.15, 0.2) is 24.3 Å². The summed E-state index contributed by atoms with van der Waals surface area (Å²) in [5, 5.41) is 11.3. The Balaban J connectivity index is 1.57. The van der Waals surface area contributed by atoms with Crippen LogP contribution >= 0.6 is 0 Å². The molecule has 2 aromatic heterocycles. The fourth-order valence-electron chi connectivity index (χ4n) is 5.26. The van der Waals surface area contributed by atoms with Crippen molar-refractivity contribution in [3.8, 4) is 6.07 Å². The van der Waals surface area contributed by atoms with E-state index in [-0.39, 0.29) is 35.8 Å². The molecule has 1 saturated heterocycles. The second-order valence-corrected chi connectivity index (χ2v) is 9.09. The number of rotatable bonds is 5. The van der Waals surface area contributed by atoms with Gasteiger partial charge in [-0.2, -0.15) is 5.26 Å². The van der Waals surface area contributed by atoms with Crippen molar-refractivity contribution in [1.82, 2.24) is 4.98 Å². The molecule has 1 aromatic carbocycles. The summed E-state index contributed by atoms with van der Waals surface area (Å²) in [5.74, 6) is 1.02. The zero-order valence-corrected chi connectivity index (χ0v) is 20.2. The molecule has 5 N–H and O–H groups in total. The Bertz CT molecular complexity index is 1400. The van der Waals surface area contributed by atoms with Gasteiger partial charge in [0.25, 0.3) is 0 Å². The van der Waals surface area contributed by atoms with Crippen LogP contribution in [-0.4, -0.2) is 56.8 Å². The Labute approximate surface area is 207 Å². The molecule has 10 nitrogen and oxygen atoms in total. The number of nitrogens with one attached hydrogen (secondary N) is 1. The molecule has 1 atom stereocenters. The largest absolute Gasteiger partial charge is 0.383 e. The third kappa shape index (κ3) is 3.70. The Hall–Kier alpha value is -4.17. The minimum atomic E-state index is -0.263. The monoisotopic (exact) mass is 491 g/mol. The summed E-state index contributed by atoms with van der Waals surface area (Å²) >= 11 is 0. The molecule has 4 heterocycles. The minimum Gasteiger partial charge on any atom is -0.383 e. The number of nitrogens with two attached hydrogens (primary N) is 2. The molecule has 0 aliphatic carbocycles. The average molecular weight is 492 g/mol. The number of hydrogen-bond acceptors (Lipinski definition) is 8. The van der Waals surface area contributed by atoms with Gasteiger partial charge in [0.1, 0.15) is 29.1 Å². The lowest BCUT2D eigenvalue weighted by Gasteiger charge is -2.34. The number of nitriles is 1. The number of aromatic amines is 1. The lowest BCUT2D eigenvalue weighted by molar-refractivity contribution is -0.344. The number of pyridine rings is 2. The standard InChI is InChI=1S/C25H27FN8O2/c1-14(13-36-2)34-19(35)11-15-20-16(12-27)24(30-22(28)21(20)23(29)31-25(15)34)33-9-7-32(8-10-33)18-6-4-3-5-17(18)26/h3-6,14H,7-11,13H2,1-2H3,(H2,28,30)(H2,29,31)/p+1/t14-/m1/s1. The predicted octanol–water partition coefficient (Wildman–Crippen LogP) is 1.47. The molecule has 2 aliphatic rings. The number of hydrogen-bond donors (Lipinski definition) is 2. The van der Waals surface area contributed by atoms with Gasteiger partial charge in [-0.05, 0) is 19.1 Å². The Morgan fingerprint density at radius 1 is 1.19 bits per heavy atom. The van der Waals surface area contributed by atoms with Gasteiger partial charge in [0, 0.05) is 31.1 Å². The molecule has 3 aromatic rings. The van der Waals surface area contributed by atoms with Crippen molar-refractivity contribution in [3.63, 3.8) is 0 Å². The van der Waals surface area contributed by atoms with Gasteiger partial charge in [0.2, 0.25) is 17.5 Å². The number of carbonyl (C=O) groups excluding carboxylic acids is 1. The van der Waals surface area contributed by atoms with Gasteiger partial charge in [0.15, 0.2) is 0 Å². The Kier molecular flexibility index (Phi) is 5.97. The number of ether oxygens (including phenoxy) is 1. The number of anilines is 5. The number of piperazine rings is 1. The smallest absolute Gasteiger partial charge is 0.240 e. The van der Waals surface area contributed by atoms with Crippen molar-refractivity contribution in [2.75, 3.05) is 66.1 Å². The molecule has 186 valence electrons. The molecule has 5 rings (SSSR count). The van der Waals surface area contributed by atoms with Crippen molar-refractivity contribution in [2.24, 2.45) is 0 Å². The molecule has 1 amide bonds. The number of H-pyrrole nitrogens is 1. The van der Waals surface area contributed by atoms with Crippen LogP contribution in [0.1, 0.15) is 18.1 Å². The zero-order chi connectivity index (χ0) is 25.6. The highest BCUT2D eigenvalue weighted by Crippen LogP contribution is 2.41. The van der Waals surface area contributed by atoms with E-state index in [2.05, 4.69) is 16.0 Å². The van der Waals surface area contributed by atoms with Crippen molar-refractivity contribution in [2.45, 2.75) is 19.4 Å². The number of benzene rings is 1. The summed E-state index contributed by atoms with van der Waals surface area (Å²) in [4.78, 5) is 26.2. The summed E-state index contributed by atoms with van der Waals surface area (Å²) in [6.45, 7) is 4.42. The number of amides is 1. The van der Waals surface area contributed by atoms with E-state index in [1.807, 2.05) is 22.8 Å². The molecule has 0 bridgehead atoms. The van der Waals surface area contributed by atoms with Crippen molar-refractivity contribution in [1.29, 1.82) is 5.26 Å². The van der Waals surface area contributed by atoms with E-state index in [0.717, 1.165) is 0 Å². The lowest BCUT2D eigenvalue weighted by Crippen LogP contribution is -2.48. The molecule has 11 heteroatoms. The van der Waals surface area contributed by atoms with Crippen LogP contribution < -0.4 is 31.2 Å². The fraction of sp³-hybridized carbons (Fsp3) is 0.360. The maximum atomic E-state index is 14.3. The molecule has 0 saturated carbocycles. The van der Waals surface area contributed by atoms with Crippen LogP contribution in [-0.2, 0) is 16.0 Å². The first kappa shape index (κ1) is 23.6. The highest BCUT2D eigenvalue weighted by atomic mass is 19.1. The molecule has 36 heavy (non-hydrogen) atoms. The maximum absolute atomic E-state index is 14.3. The lowest BCUT2D eigenvalue weighted by atomic mass is 10.00. The number of carbonyl (C=O) groups is 1. The van der Waals surface area contributed by atoms with E-state index in [1.165, 1.54) is 6.07 Å². The first-order chi connectivity index (χ1) is 17.3. The predicted molar refractivity (Wildman–Crippen MR) is 135 cm³/mol. The number of aromatic nitrogens is 2. The third-order valence-corrected chi connectivity index (χ3v) is 6.89. The second kappa shape index (κ2) is 9.13. The van der Waals surface area contributed by atoms with Gasteiger partial charge in [-0.3, -0.25) is 14.6 Å². The molecule has 1 fully saturated rings. The summed E-state index contributed by atoms with van der Waals surface area (Å²) in [6, 6.07) is 8.76. The summed E-state index contributed by atoms with van der Waals surface area (Å²) in [5.41, 5.74) is 14.3. The molecule has 0 unspecified atom stereocenters. The van der Waals surface area contributed by atoms with Crippen LogP contribution in [0.5, 0.6) is 0 Å². The summed E-state index contributed by atoms with van der Waals surface area (Å²) < 4.78 is 19.5. The maximum Gasteiger partial charge on any atom is 0.240 e. The van der Waals surface area contributed by atoms with Crippen LogP contribution in [0.4, 0.5) is 33.3 Å². The van der Waals surface area contributed by atoms with E-state index in [9.17, 15) is 14.4 Å². The number of para-hydroxylation sites is 1. The fourth-order valence-corrected chi connectivity index (χ4v) is 5.26. The first-order valence-electron chi connectivity index (χ1n) is 11.8. The number of nitrogen functional groups attached to an aromatic ring is 2. The van der Waals surface area contributed by atoms with E-state index in [1.54, 1.807) is 24.1 Å². The van der Waals surface area contributed by atoms with E-state index >= 15 is 0 Å². The molecule has 2 aliphatic heterocycles. The molecular weight excluding hydrogens is 463 g/mol. The number of nitrogens with zero attached hydrogens (tertiary/aromatic N) is 5. The van der Waals surface area contributed by atoms with Crippen LogP contribution in [0, 0.1) is 17.1 Å². The molecule has 0 spiro atoms. The van der Waals surface area contributed by atoms with Crippen LogP contribution in [0.2, 0.25) is 0 Å². The van der Waals surface area contributed by atoms with E-state index in [4.69, 9.17) is 16.2 Å². The third-order valence-electron chi connectivity index (χ3n) is 6.89. The molecular formula is C25H28FN8O2+.